The van der Waals surface area contributed by atoms with Gasteiger partial charge in [0.15, 0.2) is 0 Å². The van der Waals surface area contributed by atoms with Crippen molar-refractivity contribution < 1.29 is 14.7 Å². The molecule has 0 spiro atoms. The van der Waals surface area contributed by atoms with E-state index in [-0.39, 0.29) is 18.5 Å². The van der Waals surface area contributed by atoms with Gasteiger partial charge in [-0.3, -0.25) is 4.79 Å². The van der Waals surface area contributed by atoms with Crippen molar-refractivity contribution >= 4 is 23.3 Å². The van der Waals surface area contributed by atoms with Gasteiger partial charge in [0.05, 0.1) is 13.0 Å². The average Bonchev–Trinajstić information content (AvgIpc) is 3.02. The van der Waals surface area contributed by atoms with Gasteiger partial charge < -0.3 is 15.7 Å². The molecule has 18 heavy (non-hydrogen) atoms. The molecular weight excluding hydrogens is 252 g/mol. The summed E-state index contributed by atoms with van der Waals surface area (Å²) in [5.41, 5.74) is 0. The topological polar surface area (TPSA) is 78.4 Å². The molecule has 2 amide bonds. The highest BCUT2D eigenvalue weighted by Gasteiger charge is 2.33. The zero-order valence-electron chi connectivity index (χ0n) is 9.89. The van der Waals surface area contributed by atoms with Crippen molar-refractivity contribution in [3.8, 4) is 0 Å². The Bertz CT molecular complexity index is 415. The maximum atomic E-state index is 11.7. The van der Waals surface area contributed by atoms with Crippen LogP contribution in [0.15, 0.2) is 17.5 Å². The lowest BCUT2D eigenvalue weighted by atomic mass is 10.1. The van der Waals surface area contributed by atoms with E-state index in [1.807, 2.05) is 17.5 Å². The van der Waals surface area contributed by atoms with Gasteiger partial charge in [0.1, 0.15) is 0 Å². The van der Waals surface area contributed by atoms with E-state index >= 15 is 0 Å². The summed E-state index contributed by atoms with van der Waals surface area (Å²) in [5.74, 6) is -0.543. The molecule has 1 aromatic rings. The number of carbonyl (C=O) groups excluding carboxylic acids is 1. The van der Waals surface area contributed by atoms with Gasteiger partial charge in [-0.2, -0.15) is 0 Å². The van der Waals surface area contributed by atoms with Crippen molar-refractivity contribution in [2.75, 3.05) is 0 Å². The summed E-state index contributed by atoms with van der Waals surface area (Å²) < 4.78 is 0. The first-order chi connectivity index (χ1) is 8.65. The van der Waals surface area contributed by atoms with Crippen LogP contribution in [-0.2, 0) is 11.3 Å². The van der Waals surface area contributed by atoms with E-state index < -0.39 is 5.97 Å². The number of thiophene rings is 1. The van der Waals surface area contributed by atoms with Crippen molar-refractivity contribution in [1.82, 2.24) is 10.6 Å². The summed E-state index contributed by atoms with van der Waals surface area (Å²) in [7, 11) is 0. The Hall–Kier alpha value is -1.56. The molecule has 0 aliphatic heterocycles. The Balaban J connectivity index is 1.76. The second kappa shape index (κ2) is 5.86. The van der Waals surface area contributed by atoms with Gasteiger partial charge in [-0.1, -0.05) is 6.07 Å². The second-order valence-corrected chi connectivity index (χ2v) is 5.48. The molecule has 0 radical (unpaired) electrons. The summed E-state index contributed by atoms with van der Waals surface area (Å²) >= 11 is 1.58. The number of hydrogen-bond donors (Lipinski definition) is 3. The molecule has 6 heteroatoms. The molecule has 2 rings (SSSR count). The van der Waals surface area contributed by atoms with Gasteiger partial charge in [0.2, 0.25) is 0 Å². The summed E-state index contributed by atoms with van der Waals surface area (Å²) in [5, 5.41) is 16.2. The second-order valence-electron chi connectivity index (χ2n) is 4.45. The normalized spacial score (nSPS) is 16.0. The zero-order valence-corrected chi connectivity index (χ0v) is 10.7. The van der Waals surface area contributed by atoms with Crippen LogP contribution in [0.4, 0.5) is 4.79 Å². The smallest absolute Gasteiger partial charge is 0.315 e. The van der Waals surface area contributed by atoms with E-state index in [1.54, 1.807) is 11.3 Å². The highest BCUT2D eigenvalue weighted by atomic mass is 32.1. The Morgan fingerprint density at radius 2 is 2.28 bits per heavy atom. The van der Waals surface area contributed by atoms with E-state index in [4.69, 9.17) is 5.11 Å². The molecule has 1 fully saturated rings. The van der Waals surface area contributed by atoms with Crippen LogP contribution in [0.3, 0.4) is 0 Å². The third-order valence-corrected chi connectivity index (χ3v) is 3.78. The molecule has 1 unspecified atom stereocenters. The van der Waals surface area contributed by atoms with Crippen LogP contribution in [-0.4, -0.2) is 23.1 Å². The van der Waals surface area contributed by atoms with Crippen LogP contribution in [0.1, 0.15) is 24.1 Å². The number of carboxylic acid groups (broad SMARTS) is 1. The molecule has 5 nitrogen and oxygen atoms in total. The summed E-state index contributed by atoms with van der Waals surface area (Å²) in [4.78, 5) is 23.4. The number of urea groups is 1. The third kappa shape index (κ3) is 4.03. The Morgan fingerprint density at radius 3 is 2.83 bits per heavy atom. The van der Waals surface area contributed by atoms with Gasteiger partial charge >= 0.3 is 12.0 Å². The molecule has 0 aromatic carbocycles. The number of amides is 2. The summed E-state index contributed by atoms with van der Waals surface area (Å²) in [6.45, 7) is 0.480. The van der Waals surface area contributed by atoms with Crippen molar-refractivity contribution in [2.24, 2.45) is 5.92 Å². The van der Waals surface area contributed by atoms with Crippen molar-refractivity contribution in [3.05, 3.63) is 22.4 Å². The predicted octanol–water partition coefficient (Wildman–Crippen LogP) is 1.80. The van der Waals surface area contributed by atoms with Gasteiger partial charge in [0, 0.05) is 10.9 Å². The van der Waals surface area contributed by atoms with Crippen molar-refractivity contribution in [2.45, 2.75) is 31.8 Å². The summed E-state index contributed by atoms with van der Waals surface area (Å²) in [6, 6.07) is 3.34. The van der Waals surface area contributed by atoms with Crippen LogP contribution < -0.4 is 10.6 Å². The minimum absolute atomic E-state index is 0.00289. The molecule has 1 aromatic heterocycles. The zero-order chi connectivity index (χ0) is 13.0. The number of aliphatic carboxylic acids is 1. The minimum Gasteiger partial charge on any atom is -0.481 e. The molecule has 0 saturated heterocycles. The maximum Gasteiger partial charge on any atom is 0.315 e. The highest BCUT2D eigenvalue weighted by molar-refractivity contribution is 7.09. The van der Waals surface area contributed by atoms with Crippen LogP contribution >= 0.6 is 11.3 Å². The van der Waals surface area contributed by atoms with Crippen molar-refractivity contribution in [3.63, 3.8) is 0 Å². The number of hydrogen-bond acceptors (Lipinski definition) is 3. The monoisotopic (exact) mass is 268 g/mol. The van der Waals surface area contributed by atoms with Crippen molar-refractivity contribution in [1.29, 1.82) is 0 Å². The molecule has 0 bridgehead atoms. The van der Waals surface area contributed by atoms with Gasteiger partial charge in [-0.05, 0) is 30.2 Å². The summed E-state index contributed by atoms with van der Waals surface area (Å²) in [6.07, 6.45) is 2.00. The first kappa shape index (κ1) is 12.9. The number of rotatable bonds is 6. The molecule has 1 aliphatic rings. The number of nitrogens with one attached hydrogen (secondary N) is 2. The Kier molecular flexibility index (Phi) is 4.19. The van der Waals surface area contributed by atoms with Crippen LogP contribution in [0.25, 0.3) is 0 Å². The first-order valence-corrected chi connectivity index (χ1v) is 6.81. The predicted molar refractivity (Wildman–Crippen MR) is 68.5 cm³/mol. The van der Waals surface area contributed by atoms with Crippen LogP contribution in [0.2, 0.25) is 0 Å². The van der Waals surface area contributed by atoms with Gasteiger partial charge in [-0.15, -0.1) is 11.3 Å². The first-order valence-electron chi connectivity index (χ1n) is 5.93. The molecule has 1 heterocycles. The van der Waals surface area contributed by atoms with Crippen LogP contribution in [0, 0.1) is 5.92 Å². The van der Waals surface area contributed by atoms with E-state index in [9.17, 15) is 9.59 Å². The fourth-order valence-electron chi connectivity index (χ4n) is 1.82. The molecule has 98 valence electrons. The number of carboxylic acids is 1. The van der Waals surface area contributed by atoms with Gasteiger partial charge in [-0.25, -0.2) is 4.79 Å². The van der Waals surface area contributed by atoms with E-state index in [1.165, 1.54) is 0 Å². The van der Waals surface area contributed by atoms with E-state index in [0.717, 1.165) is 17.7 Å². The maximum absolute atomic E-state index is 11.7. The molecular formula is C12H16N2O3S. The lowest BCUT2D eigenvalue weighted by Gasteiger charge is -2.16. The molecule has 1 saturated carbocycles. The fraction of sp³-hybridized carbons (Fsp3) is 0.500. The highest BCUT2D eigenvalue weighted by Crippen LogP contribution is 2.33. The lowest BCUT2D eigenvalue weighted by molar-refractivity contribution is -0.137. The minimum atomic E-state index is -0.870. The SMILES string of the molecule is O=C(O)CC(NC(=O)NCc1cccs1)C1CC1. The van der Waals surface area contributed by atoms with Crippen LogP contribution in [0.5, 0.6) is 0 Å². The lowest BCUT2D eigenvalue weighted by Crippen LogP contribution is -2.43. The Labute approximate surface area is 109 Å². The third-order valence-electron chi connectivity index (χ3n) is 2.91. The average molecular weight is 268 g/mol. The largest absolute Gasteiger partial charge is 0.481 e. The molecule has 3 N–H and O–H groups in total. The molecule has 1 aliphatic carbocycles. The standard InChI is InChI=1S/C12H16N2O3S/c15-11(16)6-10(8-3-4-8)14-12(17)13-7-9-2-1-5-18-9/h1-2,5,8,10H,3-4,6-7H2,(H,15,16)(H2,13,14,17). The van der Waals surface area contributed by atoms with E-state index in [0.29, 0.717) is 12.5 Å². The number of carbonyl (C=O) groups is 2. The molecule has 1 atom stereocenters. The van der Waals surface area contributed by atoms with Gasteiger partial charge in [0.25, 0.3) is 0 Å². The Morgan fingerprint density at radius 1 is 1.50 bits per heavy atom. The van der Waals surface area contributed by atoms with E-state index in [2.05, 4.69) is 10.6 Å². The quantitative estimate of drug-likeness (QED) is 0.736. The fourth-order valence-corrected chi connectivity index (χ4v) is 2.47.